The van der Waals surface area contributed by atoms with E-state index in [0.717, 1.165) is 24.0 Å². The molecule has 19 heavy (non-hydrogen) atoms. The van der Waals surface area contributed by atoms with Crippen LogP contribution in [0.15, 0.2) is 22.7 Å². The van der Waals surface area contributed by atoms with Gasteiger partial charge in [0, 0.05) is 12.8 Å². The topological polar surface area (TPSA) is 74.2 Å². The Kier molecular flexibility index (Phi) is 4.16. The molecule has 0 saturated heterocycles. The standard InChI is InChI=1S/C14H19N3O2/c1-4-6-11(18-3)13-16-14(19-17-13)12-9(2)7-5-8-10(12)15/h5,7-8,11H,4,6,15H2,1-3H3. The first-order valence-electron chi connectivity index (χ1n) is 6.39. The molecule has 1 aromatic heterocycles. The molecule has 0 saturated carbocycles. The molecule has 2 N–H and O–H groups in total. The van der Waals surface area contributed by atoms with E-state index in [1.54, 1.807) is 7.11 Å². The van der Waals surface area contributed by atoms with Gasteiger partial charge in [0.15, 0.2) is 0 Å². The third-order valence-corrected chi connectivity index (χ3v) is 3.08. The number of nitrogen functional groups attached to an aromatic ring is 1. The molecule has 102 valence electrons. The average molecular weight is 261 g/mol. The van der Waals surface area contributed by atoms with Crippen molar-refractivity contribution in [3.63, 3.8) is 0 Å². The van der Waals surface area contributed by atoms with Crippen molar-refractivity contribution < 1.29 is 9.26 Å². The number of ether oxygens (including phenoxy) is 1. The molecule has 1 atom stereocenters. The minimum atomic E-state index is -0.132. The van der Waals surface area contributed by atoms with Crippen LogP contribution < -0.4 is 5.73 Å². The minimum Gasteiger partial charge on any atom is -0.398 e. The van der Waals surface area contributed by atoms with Gasteiger partial charge in [-0.1, -0.05) is 30.6 Å². The van der Waals surface area contributed by atoms with Gasteiger partial charge in [-0.2, -0.15) is 4.98 Å². The SMILES string of the molecule is CCCC(OC)c1noc(-c2c(C)cccc2N)n1. The van der Waals surface area contributed by atoms with Crippen LogP contribution in [0.1, 0.15) is 37.3 Å². The van der Waals surface area contributed by atoms with Gasteiger partial charge < -0.3 is 15.0 Å². The van der Waals surface area contributed by atoms with Crippen molar-refractivity contribution in [3.05, 3.63) is 29.6 Å². The van der Waals surface area contributed by atoms with E-state index in [1.165, 1.54) is 0 Å². The van der Waals surface area contributed by atoms with E-state index in [2.05, 4.69) is 17.1 Å². The van der Waals surface area contributed by atoms with Crippen molar-refractivity contribution >= 4 is 5.69 Å². The Labute approximate surface area is 112 Å². The summed E-state index contributed by atoms with van der Waals surface area (Å²) in [7, 11) is 1.65. The number of nitrogens with two attached hydrogens (primary N) is 1. The summed E-state index contributed by atoms with van der Waals surface area (Å²) >= 11 is 0. The van der Waals surface area contributed by atoms with Gasteiger partial charge in [0.2, 0.25) is 5.82 Å². The Morgan fingerprint density at radius 3 is 2.84 bits per heavy atom. The third kappa shape index (κ3) is 2.76. The molecule has 0 aliphatic heterocycles. The molecule has 1 unspecified atom stereocenters. The summed E-state index contributed by atoms with van der Waals surface area (Å²) in [6, 6.07) is 5.70. The Hall–Kier alpha value is -1.88. The highest BCUT2D eigenvalue weighted by Crippen LogP contribution is 2.29. The maximum atomic E-state index is 5.97. The van der Waals surface area contributed by atoms with Crippen molar-refractivity contribution in [3.8, 4) is 11.5 Å². The Bertz CT molecular complexity index is 531. The van der Waals surface area contributed by atoms with E-state index in [0.29, 0.717) is 17.4 Å². The molecule has 0 aliphatic carbocycles. The molecular weight excluding hydrogens is 242 g/mol. The lowest BCUT2D eigenvalue weighted by molar-refractivity contribution is 0.0854. The highest BCUT2D eigenvalue weighted by Gasteiger charge is 2.19. The van der Waals surface area contributed by atoms with Crippen molar-refractivity contribution in [2.75, 3.05) is 12.8 Å². The molecule has 1 heterocycles. The van der Waals surface area contributed by atoms with E-state index >= 15 is 0 Å². The van der Waals surface area contributed by atoms with Crippen LogP contribution in [0.5, 0.6) is 0 Å². The molecule has 0 spiro atoms. The lowest BCUT2D eigenvalue weighted by Gasteiger charge is -2.08. The van der Waals surface area contributed by atoms with Crippen LogP contribution in [-0.2, 0) is 4.74 Å². The highest BCUT2D eigenvalue weighted by molar-refractivity contribution is 5.73. The first-order valence-corrected chi connectivity index (χ1v) is 6.39. The second-order valence-corrected chi connectivity index (χ2v) is 4.51. The average Bonchev–Trinajstić information content (AvgIpc) is 2.85. The van der Waals surface area contributed by atoms with Crippen LogP contribution in [0.3, 0.4) is 0 Å². The third-order valence-electron chi connectivity index (χ3n) is 3.08. The fraction of sp³-hybridized carbons (Fsp3) is 0.429. The molecule has 0 radical (unpaired) electrons. The number of aryl methyl sites for hydroxylation is 1. The van der Waals surface area contributed by atoms with E-state index in [4.69, 9.17) is 15.0 Å². The molecule has 0 fully saturated rings. The molecule has 2 aromatic rings. The van der Waals surface area contributed by atoms with Gasteiger partial charge in [0.05, 0.1) is 5.56 Å². The Morgan fingerprint density at radius 1 is 1.42 bits per heavy atom. The number of hydrogen-bond acceptors (Lipinski definition) is 5. The van der Waals surface area contributed by atoms with Gasteiger partial charge >= 0.3 is 0 Å². The van der Waals surface area contributed by atoms with Crippen molar-refractivity contribution in [1.82, 2.24) is 10.1 Å². The Morgan fingerprint density at radius 2 is 2.21 bits per heavy atom. The van der Waals surface area contributed by atoms with E-state index < -0.39 is 0 Å². The van der Waals surface area contributed by atoms with Crippen molar-refractivity contribution in [1.29, 1.82) is 0 Å². The largest absolute Gasteiger partial charge is 0.398 e. The zero-order valence-electron chi connectivity index (χ0n) is 11.5. The predicted octanol–water partition coefficient (Wildman–Crippen LogP) is 3.11. The van der Waals surface area contributed by atoms with Crippen LogP contribution in [-0.4, -0.2) is 17.3 Å². The number of rotatable bonds is 5. The molecule has 0 aliphatic rings. The fourth-order valence-electron chi connectivity index (χ4n) is 2.06. The second kappa shape index (κ2) is 5.84. The van der Waals surface area contributed by atoms with Crippen LogP contribution in [0.2, 0.25) is 0 Å². The number of anilines is 1. The zero-order valence-corrected chi connectivity index (χ0v) is 11.5. The number of nitrogens with zero attached hydrogens (tertiary/aromatic N) is 2. The highest BCUT2D eigenvalue weighted by atomic mass is 16.5. The number of hydrogen-bond donors (Lipinski definition) is 1. The van der Waals surface area contributed by atoms with Gasteiger partial charge in [-0.3, -0.25) is 0 Å². The minimum absolute atomic E-state index is 0.132. The maximum Gasteiger partial charge on any atom is 0.260 e. The zero-order chi connectivity index (χ0) is 13.8. The monoisotopic (exact) mass is 261 g/mol. The van der Waals surface area contributed by atoms with Crippen LogP contribution in [0, 0.1) is 6.92 Å². The summed E-state index contributed by atoms with van der Waals surface area (Å²) in [4.78, 5) is 4.41. The van der Waals surface area contributed by atoms with E-state index in [9.17, 15) is 0 Å². The Balaban J connectivity index is 2.35. The lowest BCUT2D eigenvalue weighted by atomic mass is 10.1. The van der Waals surface area contributed by atoms with Crippen molar-refractivity contribution in [2.24, 2.45) is 0 Å². The summed E-state index contributed by atoms with van der Waals surface area (Å²) in [5, 5.41) is 4.00. The summed E-state index contributed by atoms with van der Waals surface area (Å²) in [5.41, 5.74) is 8.42. The summed E-state index contributed by atoms with van der Waals surface area (Å²) in [6.07, 6.45) is 1.72. The van der Waals surface area contributed by atoms with Gasteiger partial charge in [0.1, 0.15) is 6.10 Å². The molecular formula is C14H19N3O2. The number of methoxy groups -OCH3 is 1. The summed E-state index contributed by atoms with van der Waals surface area (Å²) in [5.74, 6) is 1.02. The quantitative estimate of drug-likeness (QED) is 0.837. The molecule has 0 amide bonds. The summed E-state index contributed by atoms with van der Waals surface area (Å²) in [6.45, 7) is 4.06. The van der Waals surface area contributed by atoms with Gasteiger partial charge in [-0.25, -0.2) is 0 Å². The lowest BCUT2D eigenvalue weighted by Crippen LogP contribution is -2.03. The van der Waals surface area contributed by atoms with E-state index in [1.807, 2.05) is 25.1 Å². The smallest absolute Gasteiger partial charge is 0.260 e. The first kappa shape index (κ1) is 13.5. The van der Waals surface area contributed by atoms with Crippen LogP contribution >= 0.6 is 0 Å². The number of aromatic nitrogens is 2. The molecule has 2 rings (SSSR count). The first-order chi connectivity index (χ1) is 9.17. The van der Waals surface area contributed by atoms with E-state index in [-0.39, 0.29) is 6.10 Å². The molecule has 5 heteroatoms. The normalized spacial score (nSPS) is 12.6. The molecule has 1 aromatic carbocycles. The fourth-order valence-corrected chi connectivity index (χ4v) is 2.06. The van der Waals surface area contributed by atoms with Gasteiger partial charge in [0.25, 0.3) is 5.89 Å². The van der Waals surface area contributed by atoms with Crippen molar-refractivity contribution in [2.45, 2.75) is 32.8 Å². The molecule has 5 nitrogen and oxygen atoms in total. The maximum absolute atomic E-state index is 5.97. The van der Waals surface area contributed by atoms with Gasteiger partial charge in [-0.15, -0.1) is 0 Å². The van der Waals surface area contributed by atoms with Gasteiger partial charge in [-0.05, 0) is 25.0 Å². The molecule has 0 bridgehead atoms. The second-order valence-electron chi connectivity index (χ2n) is 4.51. The predicted molar refractivity (Wildman–Crippen MR) is 73.5 cm³/mol. The summed E-state index contributed by atoms with van der Waals surface area (Å²) < 4.78 is 10.7. The van der Waals surface area contributed by atoms with Crippen LogP contribution in [0.4, 0.5) is 5.69 Å². The number of benzene rings is 1. The van der Waals surface area contributed by atoms with Crippen LogP contribution in [0.25, 0.3) is 11.5 Å².